The van der Waals surface area contributed by atoms with Gasteiger partial charge in [0.25, 0.3) is 5.91 Å². The van der Waals surface area contributed by atoms with Gasteiger partial charge in [0, 0.05) is 17.1 Å². The largest absolute Gasteiger partial charge is 0.496 e. The second-order valence-corrected chi connectivity index (χ2v) is 5.91. The Bertz CT molecular complexity index is 461. The van der Waals surface area contributed by atoms with Gasteiger partial charge in [-0.15, -0.1) is 0 Å². The Morgan fingerprint density at radius 2 is 2.17 bits per heavy atom. The van der Waals surface area contributed by atoms with E-state index in [4.69, 9.17) is 4.74 Å². The summed E-state index contributed by atoms with van der Waals surface area (Å²) in [4.78, 5) is 14.5. The lowest BCUT2D eigenvalue weighted by Crippen LogP contribution is -2.34. The van der Waals surface area contributed by atoms with Crippen LogP contribution in [0.15, 0.2) is 22.7 Å². The number of halogens is 1. The molecule has 1 aromatic carbocycles. The standard InChI is InChI=1S/C14H18BrNO2/c1-9-6-10(2)16(8-9)14(17)12-5-4-11(15)7-13(12)18-3/h4-5,7,9-10H,6,8H2,1-3H3. The summed E-state index contributed by atoms with van der Waals surface area (Å²) in [5, 5.41) is 0. The minimum Gasteiger partial charge on any atom is -0.496 e. The molecule has 2 atom stereocenters. The number of likely N-dealkylation sites (tertiary alicyclic amines) is 1. The van der Waals surface area contributed by atoms with Gasteiger partial charge in [-0.25, -0.2) is 0 Å². The van der Waals surface area contributed by atoms with Crippen LogP contribution in [0.5, 0.6) is 5.75 Å². The van der Waals surface area contributed by atoms with Gasteiger partial charge in [-0.2, -0.15) is 0 Å². The van der Waals surface area contributed by atoms with E-state index in [2.05, 4.69) is 29.8 Å². The number of benzene rings is 1. The van der Waals surface area contributed by atoms with Crippen LogP contribution >= 0.6 is 15.9 Å². The molecule has 1 amide bonds. The molecule has 0 aromatic heterocycles. The third-order valence-corrected chi connectivity index (χ3v) is 3.93. The molecule has 0 radical (unpaired) electrons. The minimum atomic E-state index is 0.0659. The highest BCUT2D eigenvalue weighted by molar-refractivity contribution is 9.10. The van der Waals surface area contributed by atoms with Crippen LogP contribution in [-0.4, -0.2) is 30.5 Å². The second kappa shape index (κ2) is 5.31. The van der Waals surface area contributed by atoms with Gasteiger partial charge >= 0.3 is 0 Å². The van der Waals surface area contributed by atoms with Gasteiger partial charge in [0.1, 0.15) is 5.75 Å². The molecule has 1 heterocycles. The van der Waals surface area contributed by atoms with E-state index in [0.29, 0.717) is 23.3 Å². The molecular weight excluding hydrogens is 294 g/mol. The molecule has 3 nitrogen and oxygen atoms in total. The summed E-state index contributed by atoms with van der Waals surface area (Å²) in [5.41, 5.74) is 0.640. The first-order valence-electron chi connectivity index (χ1n) is 6.17. The van der Waals surface area contributed by atoms with E-state index in [9.17, 15) is 4.79 Å². The average molecular weight is 312 g/mol. The van der Waals surface area contributed by atoms with Crippen LogP contribution in [0.4, 0.5) is 0 Å². The maximum absolute atomic E-state index is 12.5. The van der Waals surface area contributed by atoms with E-state index < -0.39 is 0 Å². The molecule has 0 aliphatic carbocycles. The molecule has 1 aliphatic rings. The number of hydrogen-bond acceptors (Lipinski definition) is 2. The van der Waals surface area contributed by atoms with Gasteiger partial charge in [0.2, 0.25) is 0 Å². The molecule has 0 bridgehead atoms. The lowest BCUT2D eigenvalue weighted by atomic mass is 10.1. The summed E-state index contributed by atoms with van der Waals surface area (Å²) in [6, 6.07) is 5.83. The zero-order valence-electron chi connectivity index (χ0n) is 10.9. The van der Waals surface area contributed by atoms with Gasteiger partial charge in [-0.3, -0.25) is 4.79 Å². The van der Waals surface area contributed by atoms with E-state index in [1.54, 1.807) is 7.11 Å². The van der Waals surface area contributed by atoms with Gasteiger partial charge in [-0.1, -0.05) is 22.9 Å². The summed E-state index contributed by atoms with van der Waals surface area (Å²) in [5.74, 6) is 1.27. The molecule has 98 valence electrons. The number of amides is 1. The minimum absolute atomic E-state index is 0.0659. The van der Waals surface area contributed by atoms with Crippen LogP contribution in [0.3, 0.4) is 0 Å². The fraction of sp³-hybridized carbons (Fsp3) is 0.500. The summed E-state index contributed by atoms with van der Waals surface area (Å²) in [7, 11) is 1.59. The zero-order chi connectivity index (χ0) is 13.3. The summed E-state index contributed by atoms with van der Waals surface area (Å²) in [6.07, 6.45) is 1.07. The third kappa shape index (κ3) is 2.53. The Kier molecular flexibility index (Phi) is 3.95. The molecule has 2 unspecified atom stereocenters. The average Bonchev–Trinajstić information content (AvgIpc) is 2.67. The van der Waals surface area contributed by atoms with Crippen molar-refractivity contribution in [2.45, 2.75) is 26.3 Å². The first-order chi connectivity index (χ1) is 8.52. The number of carbonyl (C=O) groups excluding carboxylic acids is 1. The van der Waals surface area contributed by atoms with Crippen LogP contribution in [0, 0.1) is 5.92 Å². The van der Waals surface area contributed by atoms with E-state index in [-0.39, 0.29) is 5.91 Å². The molecule has 1 aliphatic heterocycles. The van der Waals surface area contributed by atoms with Crippen molar-refractivity contribution in [3.8, 4) is 5.75 Å². The van der Waals surface area contributed by atoms with E-state index in [0.717, 1.165) is 17.4 Å². The van der Waals surface area contributed by atoms with Gasteiger partial charge in [-0.05, 0) is 37.5 Å². The van der Waals surface area contributed by atoms with E-state index >= 15 is 0 Å². The SMILES string of the molecule is COc1cc(Br)ccc1C(=O)N1CC(C)CC1C. The Labute approximate surface area is 116 Å². The molecule has 0 saturated carbocycles. The first kappa shape index (κ1) is 13.4. The molecule has 1 saturated heterocycles. The highest BCUT2D eigenvalue weighted by Crippen LogP contribution is 2.29. The Balaban J connectivity index is 2.29. The topological polar surface area (TPSA) is 29.5 Å². The molecule has 4 heteroatoms. The maximum atomic E-state index is 12.5. The fourth-order valence-corrected chi connectivity index (χ4v) is 2.92. The number of methoxy groups -OCH3 is 1. The lowest BCUT2D eigenvalue weighted by Gasteiger charge is -2.22. The van der Waals surface area contributed by atoms with E-state index in [1.807, 2.05) is 23.1 Å². The van der Waals surface area contributed by atoms with Crippen LogP contribution in [0.2, 0.25) is 0 Å². The predicted molar refractivity (Wildman–Crippen MR) is 75.0 cm³/mol. The van der Waals surface area contributed by atoms with Crippen molar-refractivity contribution in [1.82, 2.24) is 4.90 Å². The van der Waals surface area contributed by atoms with Crippen molar-refractivity contribution in [2.75, 3.05) is 13.7 Å². The normalized spacial score (nSPS) is 23.2. The fourth-order valence-electron chi connectivity index (χ4n) is 2.58. The molecule has 0 spiro atoms. The molecule has 1 aromatic rings. The van der Waals surface area contributed by atoms with Crippen LogP contribution < -0.4 is 4.74 Å². The summed E-state index contributed by atoms with van der Waals surface area (Å²) >= 11 is 3.39. The molecular formula is C14H18BrNO2. The van der Waals surface area contributed by atoms with Crippen molar-refractivity contribution in [3.63, 3.8) is 0 Å². The Morgan fingerprint density at radius 3 is 2.72 bits per heavy atom. The molecule has 2 rings (SSSR count). The summed E-state index contributed by atoms with van der Waals surface area (Å²) in [6.45, 7) is 5.12. The lowest BCUT2D eigenvalue weighted by molar-refractivity contribution is 0.0740. The smallest absolute Gasteiger partial charge is 0.257 e. The number of ether oxygens (including phenoxy) is 1. The number of hydrogen-bond donors (Lipinski definition) is 0. The second-order valence-electron chi connectivity index (χ2n) is 4.99. The Morgan fingerprint density at radius 1 is 1.44 bits per heavy atom. The summed E-state index contributed by atoms with van der Waals surface area (Å²) < 4.78 is 6.21. The Hall–Kier alpha value is -1.03. The molecule has 1 fully saturated rings. The number of carbonyl (C=O) groups is 1. The predicted octanol–water partition coefficient (Wildman–Crippen LogP) is 3.33. The van der Waals surface area contributed by atoms with Crippen molar-refractivity contribution in [3.05, 3.63) is 28.2 Å². The van der Waals surface area contributed by atoms with Crippen LogP contribution in [-0.2, 0) is 0 Å². The monoisotopic (exact) mass is 311 g/mol. The highest BCUT2D eigenvalue weighted by Gasteiger charge is 2.31. The molecule has 18 heavy (non-hydrogen) atoms. The van der Waals surface area contributed by atoms with Gasteiger partial charge < -0.3 is 9.64 Å². The van der Waals surface area contributed by atoms with Crippen molar-refractivity contribution in [1.29, 1.82) is 0 Å². The first-order valence-corrected chi connectivity index (χ1v) is 6.96. The quantitative estimate of drug-likeness (QED) is 0.838. The zero-order valence-corrected chi connectivity index (χ0v) is 12.5. The van der Waals surface area contributed by atoms with E-state index in [1.165, 1.54) is 0 Å². The highest BCUT2D eigenvalue weighted by atomic mass is 79.9. The maximum Gasteiger partial charge on any atom is 0.257 e. The number of nitrogens with zero attached hydrogens (tertiary/aromatic N) is 1. The third-order valence-electron chi connectivity index (χ3n) is 3.44. The van der Waals surface area contributed by atoms with Crippen molar-refractivity contribution < 1.29 is 9.53 Å². The van der Waals surface area contributed by atoms with Crippen molar-refractivity contribution >= 4 is 21.8 Å². The van der Waals surface area contributed by atoms with Gasteiger partial charge in [0.05, 0.1) is 12.7 Å². The number of rotatable bonds is 2. The van der Waals surface area contributed by atoms with Crippen LogP contribution in [0.25, 0.3) is 0 Å². The van der Waals surface area contributed by atoms with Crippen molar-refractivity contribution in [2.24, 2.45) is 5.92 Å². The molecule has 0 N–H and O–H groups in total. The van der Waals surface area contributed by atoms with Gasteiger partial charge in [0.15, 0.2) is 0 Å². The van der Waals surface area contributed by atoms with Crippen LogP contribution in [0.1, 0.15) is 30.6 Å².